The van der Waals surface area contributed by atoms with E-state index in [2.05, 4.69) is 77.2 Å². The smallest absolute Gasteiger partial charge is 0 e. The minimum Gasteiger partial charge on any atom is -0.0810 e. The van der Waals surface area contributed by atoms with E-state index in [4.69, 9.17) is 0 Å². The van der Waals surface area contributed by atoms with Gasteiger partial charge in [0.05, 0.1) is 0 Å². The maximum Gasteiger partial charge on any atom is 0 e. The Morgan fingerprint density at radius 2 is 1.24 bits per heavy atom. The zero-order valence-corrected chi connectivity index (χ0v) is 14.4. The maximum atomic E-state index is 2.45. The fraction of sp³-hybridized carbons (Fsp3) is 0.619. The molecule has 4 rings (SSSR count). The second kappa shape index (κ2) is 7.29. The van der Waals surface area contributed by atoms with Crippen molar-refractivity contribution in [1.82, 2.24) is 0 Å². The van der Waals surface area contributed by atoms with Gasteiger partial charge in [0.1, 0.15) is 0 Å². The van der Waals surface area contributed by atoms with Crippen LogP contribution in [-0.4, -0.2) is 0 Å². The van der Waals surface area contributed by atoms with E-state index < -0.39 is 0 Å². The number of allylic oxidation sites excluding steroid dienone is 8. The first kappa shape index (κ1) is 16.3. The van der Waals surface area contributed by atoms with Crippen LogP contribution in [0, 0.1) is 35.5 Å². The van der Waals surface area contributed by atoms with Crippen molar-refractivity contribution in [3.05, 3.63) is 48.1 Å². The van der Waals surface area contributed by atoms with Crippen molar-refractivity contribution < 1.29 is 1.43 Å². The van der Waals surface area contributed by atoms with Crippen LogP contribution in [0.1, 0.15) is 48.9 Å². The Hall–Kier alpha value is -1.04. The van der Waals surface area contributed by atoms with Crippen LogP contribution >= 0.6 is 0 Å². The Morgan fingerprint density at radius 1 is 0.762 bits per heavy atom. The lowest BCUT2D eigenvalue weighted by molar-refractivity contribution is 0.638. The van der Waals surface area contributed by atoms with E-state index in [0.29, 0.717) is 0 Å². The van der Waals surface area contributed by atoms with Gasteiger partial charge in [-0.3, -0.25) is 0 Å². The first-order valence-electron chi connectivity index (χ1n) is 8.72. The Balaban J connectivity index is 0.000000178. The molecule has 0 aromatic carbocycles. The normalized spacial score (nSPS) is 33.2. The summed E-state index contributed by atoms with van der Waals surface area (Å²) in [5.41, 5.74) is 1.67. The van der Waals surface area contributed by atoms with E-state index in [9.17, 15) is 0 Å². The first-order chi connectivity index (χ1) is 9.95. The van der Waals surface area contributed by atoms with Crippen molar-refractivity contribution in [3.63, 3.8) is 0 Å². The van der Waals surface area contributed by atoms with Gasteiger partial charge in [0.2, 0.25) is 0 Å². The summed E-state index contributed by atoms with van der Waals surface area (Å²) in [6.45, 7) is 11.1. The predicted octanol–water partition coefficient (Wildman–Crippen LogP) is 6.43. The zero-order valence-electron chi connectivity index (χ0n) is 14.4. The van der Waals surface area contributed by atoms with Gasteiger partial charge in [-0.1, -0.05) is 82.7 Å². The predicted molar refractivity (Wildman–Crippen MR) is 96.2 cm³/mol. The highest BCUT2D eigenvalue weighted by Gasteiger charge is 2.28. The summed E-state index contributed by atoms with van der Waals surface area (Å²) in [5.74, 6) is 4.82. The van der Waals surface area contributed by atoms with Crippen LogP contribution in [0.3, 0.4) is 0 Å². The van der Waals surface area contributed by atoms with Crippen LogP contribution in [0.15, 0.2) is 48.1 Å². The van der Waals surface area contributed by atoms with Gasteiger partial charge >= 0.3 is 0 Å². The average molecular weight is 288 g/mol. The summed E-state index contributed by atoms with van der Waals surface area (Å²) >= 11 is 0. The van der Waals surface area contributed by atoms with Crippen LogP contribution in [0.4, 0.5) is 0 Å². The van der Waals surface area contributed by atoms with Crippen molar-refractivity contribution in [3.8, 4) is 0 Å². The molecule has 4 bridgehead atoms. The standard InChI is InChI=1S/C10H14.C7H8.C4H10.H2/c1-7(2)10-6-8-3-4-9(10)5-8;1-2-7-4-3-6(1)5-7;1-4(2)3;/h3-4,6-9H,5H2,1-2H3;1-4,6-7H,5H2;4H,1-3H3;1H/i;;;1+1. The lowest BCUT2D eigenvalue weighted by Crippen LogP contribution is -2.00. The monoisotopic (exact) mass is 287 g/mol. The summed E-state index contributed by atoms with van der Waals surface area (Å²) in [5, 5.41) is 0. The van der Waals surface area contributed by atoms with Gasteiger partial charge in [-0.25, -0.2) is 0 Å². The second-order valence-electron chi connectivity index (χ2n) is 7.78. The number of rotatable bonds is 1. The largest absolute Gasteiger partial charge is 0.0810 e. The second-order valence-corrected chi connectivity index (χ2v) is 7.78. The van der Waals surface area contributed by atoms with Crippen molar-refractivity contribution in [2.24, 2.45) is 35.5 Å². The maximum absolute atomic E-state index is 2.45. The molecule has 0 saturated carbocycles. The van der Waals surface area contributed by atoms with Crippen molar-refractivity contribution >= 4 is 0 Å². The Bertz CT molecular complexity index is 420. The molecule has 2 atom stereocenters. The number of hydrogen-bond donors (Lipinski definition) is 0. The molecule has 2 unspecified atom stereocenters. The van der Waals surface area contributed by atoms with Gasteiger partial charge in [-0.2, -0.15) is 0 Å². The molecule has 0 aromatic heterocycles. The number of fused-ring (bicyclic) bond motifs is 4. The third-order valence-corrected chi connectivity index (χ3v) is 4.37. The molecule has 4 aliphatic carbocycles. The lowest BCUT2D eigenvalue weighted by atomic mass is 9.93. The highest BCUT2D eigenvalue weighted by Crippen LogP contribution is 2.41. The lowest BCUT2D eigenvalue weighted by Gasteiger charge is -2.12. The summed E-state index contributed by atoms with van der Waals surface area (Å²) in [7, 11) is 0. The number of hydrogen-bond acceptors (Lipinski definition) is 0. The van der Waals surface area contributed by atoms with E-state index in [-0.39, 0.29) is 1.43 Å². The summed E-state index contributed by atoms with van der Waals surface area (Å²) < 4.78 is 0. The quantitative estimate of drug-likeness (QED) is 0.487. The molecule has 0 spiro atoms. The van der Waals surface area contributed by atoms with E-state index in [1.165, 1.54) is 12.8 Å². The van der Waals surface area contributed by atoms with Gasteiger partial charge in [0.25, 0.3) is 0 Å². The molecule has 0 heteroatoms. The fourth-order valence-corrected chi connectivity index (χ4v) is 3.42. The third kappa shape index (κ3) is 4.73. The van der Waals surface area contributed by atoms with Gasteiger partial charge < -0.3 is 0 Å². The van der Waals surface area contributed by atoms with Gasteiger partial charge in [-0.15, -0.1) is 0 Å². The van der Waals surface area contributed by atoms with Crippen LogP contribution in [0.5, 0.6) is 0 Å². The molecule has 21 heavy (non-hydrogen) atoms. The molecular weight excluding hydrogens is 252 g/mol. The van der Waals surface area contributed by atoms with E-state index in [1.807, 2.05) is 0 Å². The molecule has 0 aromatic rings. The molecule has 0 N–H and O–H groups in total. The fourth-order valence-electron chi connectivity index (χ4n) is 3.42. The molecule has 0 aliphatic heterocycles. The molecule has 0 heterocycles. The molecule has 4 aliphatic rings. The highest BCUT2D eigenvalue weighted by molar-refractivity contribution is 5.30. The Kier molecular flexibility index (Phi) is 5.67. The van der Waals surface area contributed by atoms with Gasteiger partial charge in [-0.05, 0) is 48.3 Å². The van der Waals surface area contributed by atoms with Gasteiger partial charge in [0, 0.05) is 1.43 Å². The minimum absolute atomic E-state index is 0. The first-order valence-corrected chi connectivity index (χ1v) is 8.72. The van der Waals surface area contributed by atoms with Crippen LogP contribution < -0.4 is 0 Å². The molecule has 0 fully saturated rings. The van der Waals surface area contributed by atoms with Crippen molar-refractivity contribution in [2.45, 2.75) is 47.5 Å². The topological polar surface area (TPSA) is 0 Å². The highest BCUT2D eigenvalue weighted by atomic mass is 14.3. The third-order valence-electron chi connectivity index (χ3n) is 4.37. The van der Waals surface area contributed by atoms with Crippen molar-refractivity contribution in [1.29, 1.82) is 0 Å². The molecule has 0 radical (unpaired) electrons. The Labute approximate surface area is 133 Å². The summed E-state index contributed by atoms with van der Waals surface area (Å²) in [4.78, 5) is 0. The zero-order chi connectivity index (χ0) is 15.4. The van der Waals surface area contributed by atoms with E-state index >= 15 is 0 Å². The van der Waals surface area contributed by atoms with Gasteiger partial charge in [0.15, 0.2) is 0 Å². The van der Waals surface area contributed by atoms with Crippen LogP contribution in [-0.2, 0) is 0 Å². The summed E-state index contributed by atoms with van der Waals surface area (Å²) in [6, 6.07) is 0. The molecule has 118 valence electrons. The van der Waals surface area contributed by atoms with Crippen LogP contribution in [0.2, 0.25) is 0 Å². The van der Waals surface area contributed by atoms with E-state index in [1.54, 1.807) is 5.57 Å². The Morgan fingerprint density at radius 3 is 1.43 bits per heavy atom. The molecule has 0 nitrogen and oxygen atoms in total. The molecule has 0 amide bonds. The van der Waals surface area contributed by atoms with E-state index in [0.717, 1.165) is 35.5 Å². The minimum atomic E-state index is 0. The summed E-state index contributed by atoms with van der Waals surface area (Å²) in [6.07, 6.45) is 19.1. The van der Waals surface area contributed by atoms with Crippen molar-refractivity contribution in [2.75, 3.05) is 0 Å². The molecule has 0 saturated heterocycles. The SMILES string of the molecule is C1=CC2C=CC1C2.CC(C)C.CC(C)C1=CC2C=CC1C2.[2HH]. The van der Waals surface area contributed by atoms with Crippen LogP contribution in [0.25, 0.3) is 0 Å². The average Bonchev–Trinajstić information content (AvgIpc) is 3.19. The molecular formula is C21H34.